The summed E-state index contributed by atoms with van der Waals surface area (Å²) in [6, 6.07) is 7.63. The van der Waals surface area contributed by atoms with Crippen molar-refractivity contribution in [2.45, 2.75) is 51.2 Å². The van der Waals surface area contributed by atoms with Crippen molar-refractivity contribution in [3.8, 4) is 11.3 Å². The van der Waals surface area contributed by atoms with Gasteiger partial charge in [0, 0.05) is 35.8 Å². The first-order valence-electron chi connectivity index (χ1n) is 12.6. The highest BCUT2D eigenvalue weighted by Gasteiger charge is 2.31. The minimum Gasteiger partial charge on any atom is -0.449 e. The maximum Gasteiger partial charge on any atom is 0.411 e. The molecular formula is C26H31ClN6O3. The molecule has 0 bridgehead atoms. The van der Waals surface area contributed by atoms with E-state index in [1.165, 1.54) is 17.7 Å². The van der Waals surface area contributed by atoms with E-state index in [9.17, 15) is 9.59 Å². The van der Waals surface area contributed by atoms with Crippen molar-refractivity contribution < 1.29 is 14.3 Å². The molecule has 1 aliphatic carbocycles. The van der Waals surface area contributed by atoms with Crippen molar-refractivity contribution in [3.05, 3.63) is 47.2 Å². The van der Waals surface area contributed by atoms with E-state index in [1.54, 1.807) is 17.0 Å². The number of nitrogens with two attached hydrogens (primary N) is 1. The summed E-state index contributed by atoms with van der Waals surface area (Å²) in [6.07, 6.45) is 8.30. The molecule has 1 saturated heterocycles. The van der Waals surface area contributed by atoms with Crippen LogP contribution in [0.25, 0.3) is 22.2 Å². The van der Waals surface area contributed by atoms with Gasteiger partial charge in [-0.3, -0.25) is 14.4 Å². The SMILES string of the molecule is CCCOC(=O)N1CCN(C(=O)c2ccc3c(Cl)cc(-c4cnn(C5CCCC5)c4)nc3c2)C[C@H]1N. The molecule has 3 heterocycles. The van der Waals surface area contributed by atoms with Gasteiger partial charge < -0.3 is 15.4 Å². The largest absolute Gasteiger partial charge is 0.449 e. The number of aromatic nitrogens is 3. The fourth-order valence-corrected chi connectivity index (χ4v) is 5.24. The second-order valence-corrected chi connectivity index (χ2v) is 9.90. The second-order valence-electron chi connectivity index (χ2n) is 9.49. The summed E-state index contributed by atoms with van der Waals surface area (Å²) in [5.41, 5.74) is 8.96. The number of rotatable bonds is 5. The number of fused-ring (bicyclic) bond motifs is 1. The maximum absolute atomic E-state index is 13.3. The van der Waals surface area contributed by atoms with Gasteiger partial charge in [0.15, 0.2) is 0 Å². The molecule has 0 spiro atoms. The molecule has 2 aromatic heterocycles. The topological polar surface area (TPSA) is 107 Å². The number of hydrogen-bond acceptors (Lipinski definition) is 6. The first-order chi connectivity index (χ1) is 17.4. The highest BCUT2D eigenvalue weighted by Crippen LogP contribution is 2.32. The molecule has 3 aromatic rings. The summed E-state index contributed by atoms with van der Waals surface area (Å²) in [5, 5.41) is 5.91. The Kier molecular flexibility index (Phi) is 7.11. The number of halogens is 1. The molecule has 1 aliphatic heterocycles. The lowest BCUT2D eigenvalue weighted by Gasteiger charge is -2.38. The van der Waals surface area contributed by atoms with E-state index in [-0.39, 0.29) is 12.5 Å². The van der Waals surface area contributed by atoms with Gasteiger partial charge in [0.05, 0.1) is 41.6 Å². The molecule has 1 saturated carbocycles. The summed E-state index contributed by atoms with van der Waals surface area (Å²) < 4.78 is 7.23. The van der Waals surface area contributed by atoms with E-state index >= 15 is 0 Å². The summed E-state index contributed by atoms with van der Waals surface area (Å²) >= 11 is 6.60. The molecule has 0 unspecified atom stereocenters. The minimum atomic E-state index is -0.622. The zero-order chi connectivity index (χ0) is 25.2. The monoisotopic (exact) mass is 510 g/mol. The first kappa shape index (κ1) is 24.5. The number of pyridine rings is 1. The molecule has 9 nitrogen and oxygen atoms in total. The number of hydrogen-bond donors (Lipinski definition) is 1. The van der Waals surface area contributed by atoms with Crippen LogP contribution in [0.15, 0.2) is 36.7 Å². The molecule has 0 radical (unpaired) electrons. The minimum absolute atomic E-state index is 0.161. The molecule has 2 aliphatic rings. The van der Waals surface area contributed by atoms with Gasteiger partial charge in [0.2, 0.25) is 0 Å². The van der Waals surface area contributed by atoms with Crippen LogP contribution < -0.4 is 5.73 Å². The summed E-state index contributed by atoms with van der Waals surface area (Å²) in [5.74, 6) is -0.161. The second kappa shape index (κ2) is 10.4. The standard InChI is InChI=1S/C26H31ClN6O3/c1-2-11-36-26(35)32-10-9-31(16-24(32)28)25(34)17-7-8-20-21(27)13-22(30-23(20)12-17)18-14-29-33(15-18)19-5-3-4-6-19/h7-8,12-15,19,24H,2-6,9-11,16,28H2,1H3/t24-/m0/s1. The lowest BCUT2D eigenvalue weighted by Crippen LogP contribution is -2.60. The van der Waals surface area contributed by atoms with Gasteiger partial charge in [-0.2, -0.15) is 5.10 Å². The van der Waals surface area contributed by atoms with Crippen LogP contribution in [0.2, 0.25) is 5.02 Å². The third-order valence-electron chi connectivity index (χ3n) is 6.97. The molecule has 190 valence electrons. The summed E-state index contributed by atoms with van der Waals surface area (Å²) in [6.45, 7) is 3.21. The number of nitrogens with zero attached hydrogens (tertiary/aromatic N) is 5. The molecule has 1 atom stereocenters. The zero-order valence-electron chi connectivity index (χ0n) is 20.4. The van der Waals surface area contributed by atoms with Crippen LogP contribution in [0.3, 0.4) is 0 Å². The lowest BCUT2D eigenvalue weighted by molar-refractivity contribution is 0.0390. The Hall–Kier alpha value is -3.17. The highest BCUT2D eigenvalue weighted by molar-refractivity contribution is 6.35. The molecule has 2 fully saturated rings. The smallest absolute Gasteiger partial charge is 0.411 e. The average molecular weight is 511 g/mol. The van der Waals surface area contributed by atoms with Crippen LogP contribution in [0, 0.1) is 0 Å². The predicted octanol–water partition coefficient (Wildman–Crippen LogP) is 4.46. The molecule has 36 heavy (non-hydrogen) atoms. The molecule has 2 amide bonds. The summed E-state index contributed by atoms with van der Waals surface area (Å²) in [7, 11) is 0. The average Bonchev–Trinajstić information content (AvgIpc) is 3.59. The highest BCUT2D eigenvalue weighted by atomic mass is 35.5. The lowest BCUT2D eigenvalue weighted by atomic mass is 10.1. The van der Waals surface area contributed by atoms with Gasteiger partial charge in [-0.1, -0.05) is 37.4 Å². The Balaban J connectivity index is 1.34. The zero-order valence-corrected chi connectivity index (χ0v) is 21.2. The van der Waals surface area contributed by atoms with Crippen LogP contribution >= 0.6 is 11.6 Å². The van der Waals surface area contributed by atoms with Crippen molar-refractivity contribution in [2.24, 2.45) is 5.73 Å². The van der Waals surface area contributed by atoms with Gasteiger partial charge >= 0.3 is 6.09 Å². The number of amides is 2. The van der Waals surface area contributed by atoms with E-state index in [1.807, 2.05) is 36.1 Å². The normalized spacial score (nSPS) is 18.7. The molecule has 5 rings (SSSR count). The first-order valence-corrected chi connectivity index (χ1v) is 13.0. The van der Waals surface area contributed by atoms with Crippen LogP contribution in [0.4, 0.5) is 4.79 Å². The van der Waals surface area contributed by atoms with Gasteiger partial charge in [-0.05, 0) is 37.5 Å². The molecule has 1 aromatic carbocycles. The molecular weight excluding hydrogens is 480 g/mol. The number of carbonyl (C=O) groups excluding carboxylic acids is 2. The van der Waals surface area contributed by atoms with Crippen LogP contribution in [-0.4, -0.2) is 69.0 Å². The number of carbonyl (C=O) groups is 2. The maximum atomic E-state index is 13.3. The van der Waals surface area contributed by atoms with Gasteiger partial charge in [-0.25, -0.2) is 9.78 Å². The van der Waals surface area contributed by atoms with E-state index in [4.69, 9.17) is 27.1 Å². The quantitative estimate of drug-likeness (QED) is 0.543. The van der Waals surface area contributed by atoms with Crippen LogP contribution in [-0.2, 0) is 4.74 Å². The Labute approximate surface area is 215 Å². The Morgan fingerprint density at radius 1 is 1.19 bits per heavy atom. The van der Waals surface area contributed by atoms with Crippen molar-refractivity contribution >= 4 is 34.5 Å². The van der Waals surface area contributed by atoms with Crippen molar-refractivity contribution in [3.63, 3.8) is 0 Å². The predicted molar refractivity (Wildman–Crippen MR) is 138 cm³/mol. The third kappa shape index (κ3) is 4.90. The summed E-state index contributed by atoms with van der Waals surface area (Å²) in [4.78, 5) is 33.4. The Morgan fingerprint density at radius 2 is 2.00 bits per heavy atom. The van der Waals surface area contributed by atoms with Crippen molar-refractivity contribution in [2.75, 3.05) is 26.2 Å². The van der Waals surface area contributed by atoms with E-state index in [0.717, 1.165) is 35.9 Å². The van der Waals surface area contributed by atoms with Crippen molar-refractivity contribution in [1.82, 2.24) is 24.6 Å². The number of piperazine rings is 1. The van der Waals surface area contributed by atoms with Gasteiger partial charge in [-0.15, -0.1) is 0 Å². The van der Waals surface area contributed by atoms with Gasteiger partial charge in [0.25, 0.3) is 5.91 Å². The number of ether oxygens (including phenoxy) is 1. The van der Waals surface area contributed by atoms with E-state index < -0.39 is 12.3 Å². The van der Waals surface area contributed by atoms with Crippen molar-refractivity contribution in [1.29, 1.82) is 0 Å². The Bertz CT molecular complexity index is 1270. The van der Waals surface area contributed by atoms with Crippen LogP contribution in [0.1, 0.15) is 55.4 Å². The fraction of sp³-hybridized carbons (Fsp3) is 0.462. The van der Waals surface area contributed by atoms with Gasteiger partial charge in [0.1, 0.15) is 6.17 Å². The Morgan fingerprint density at radius 3 is 2.75 bits per heavy atom. The molecule has 2 N–H and O–H groups in total. The molecule has 10 heteroatoms. The third-order valence-corrected chi connectivity index (χ3v) is 7.29. The number of benzene rings is 1. The van der Waals surface area contributed by atoms with E-state index in [2.05, 4.69) is 5.10 Å². The van der Waals surface area contributed by atoms with E-state index in [0.29, 0.717) is 41.8 Å². The van der Waals surface area contributed by atoms with Crippen LogP contribution in [0.5, 0.6) is 0 Å². The fourth-order valence-electron chi connectivity index (χ4n) is 4.98.